The molecule has 134 valence electrons. The first-order chi connectivity index (χ1) is 11.3. The molecule has 0 saturated heterocycles. The van der Waals surface area contributed by atoms with E-state index >= 15 is 0 Å². The van der Waals surface area contributed by atoms with E-state index in [0.717, 1.165) is 5.56 Å². The van der Waals surface area contributed by atoms with Gasteiger partial charge in [-0.25, -0.2) is 0 Å². The minimum absolute atomic E-state index is 0.0405. The van der Waals surface area contributed by atoms with E-state index in [4.69, 9.17) is 9.84 Å². The van der Waals surface area contributed by atoms with E-state index in [9.17, 15) is 9.59 Å². The van der Waals surface area contributed by atoms with Gasteiger partial charge in [-0.2, -0.15) is 0 Å². The van der Waals surface area contributed by atoms with Gasteiger partial charge < -0.3 is 20.1 Å². The number of carbonyl (C=O) groups is 2. The van der Waals surface area contributed by atoms with Crippen LogP contribution in [0.2, 0.25) is 0 Å². The first kappa shape index (κ1) is 20.1. The van der Waals surface area contributed by atoms with Gasteiger partial charge in [0.15, 0.2) is 0 Å². The molecule has 6 nitrogen and oxygen atoms in total. The van der Waals surface area contributed by atoms with Crippen LogP contribution in [-0.4, -0.2) is 55.2 Å². The van der Waals surface area contributed by atoms with Crippen LogP contribution < -0.4 is 5.32 Å². The van der Waals surface area contributed by atoms with Gasteiger partial charge in [-0.15, -0.1) is 0 Å². The molecule has 6 heteroatoms. The molecule has 0 aliphatic carbocycles. The van der Waals surface area contributed by atoms with Crippen molar-refractivity contribution in [2.45, 2.75) is 27.3 Å². The number of benzene rings is 1. The van der Waals surface area contributed by atoms with Crippen LogP contribution in [0, 0.1) is 5.41 Å². The Bertz CT molecular complexity index is 552. The van der Waals surface area contributed by atoms with Gasteiger partial charge >= 0.3 is 0 Å². The predicted molar refractivity (Wildman–Crippen MR) is 92.6 cm³/mol. The second-order valence-corrected chi connectivity index (χ2v) is 6.64. The highest BCUT2D eigenvalue weighted by molar-refractivity contribution is 5.94. The van der Waals surface area contributed by atoms with Crippen LogP contribution in [-0.2, 0) is 16.1 Å². The Labute approximate surface area is 143 Å². The highest BCUT2D eigenvalue weighted by atomic mass is 16.5. The largest absolute Gasteiger partial charge is 0.395 e. The van der Waals surface area contributed by atoms with Crippen LogP contribution in [0.5, 0.6) is 0 Å². The van der Waals surface area contributed by atoms with Gasteiger partial charge in [0.25, 0.3) is 5.91 Å². The van der Waals surface area contributed by atoms with Crippen LogP contribution in [0.15, 0.2) is 24.3 Å². The van der Waals surface area contributed by atoms with Gasteiger partial charge in [0.05, 0.1) is 13.2 Å². The maximum absolute atomic E-state index is 12.6. The van der Waals surface area contributed by atoms with Crippen LogP contribution in [0.4, 0.5) is 0 Å². The van der Waals surface area contributed by atoms with E-state index in [2.05, 4.69) is 5.32 Å². The Morgan fingerprint density at radius 1 is 1.25 bits per heavy atom. The summed E-state index contributed by atoms with van der Waals surface area (Å²) < 4.78 is 5.00. The molecule has 24 heavy (non-hydrogen) atoms. The van der Waals surface area contributed by atoms with E-state index in [1.54, 1.807) is 30.2 Å². The Morgan fingerprint density at radius 2 is 1.96 bits per heavy atom. The third-order valence-electron chi connectivity index (χ3n) is 3.53. The topological polar surface area (TPSA) is 78.9 Å². The molecule has 0 aromatic heterocycles. The van der Waals surface area contributed by atoms with Crippen LogP contribution in [0.3, 0.4) is 0 Å². The zero-order valence-electron chi connectivity index (χ0n) is 15.0. The molecule has 0 saturated carbocycles. The highest BCUT2D eigenvalue weighted by Gasteiger charge is 2.21. The molecule has 1 aromatic rings. The molecular formula is C18H28N2O4. The lowest BCUT2D eigenvalue weighted by Gasteiger charge is -2.22. The maximum atomic E-state index is 12.6. The molecule has 0 aliphatic rings. The number of carbonyl (C=O) groups excluding carboxylic acids is 2. The standard InChI is InChI=1S/C18H28N2O4/c1-18(2,3)17(23)19-13-14-6-5-7-15(12-14)16(22)20(8-10-21)9-11-24-4/h5-7,12,21H,8-11,13H2,1-4H3,(H,19,23). The van der Waals surface area contributed by atoms with E-state index in [-0.39, 0.29) is 25.0 Å². The summed E-state index contributed by atoms with van der Waals surface area (Å²) in [6.45, 7) is 6.91. The van der Waals surface area contributed by atoms with E-state index in [0.29, 0.717) is 25.3 Å². The zero-order valence-corrected chi connectivity index (χ0v) is 15.0. The van der Waals surface area contributed by atoms with Crippen molar-refractivity contribution in [1.82, 2.24) is 10.2 Å². The fourth-order valence-electron chi connectivity index (χ4n) is 2.08. The summed E-state index contributed by atoms with van der Waals surface area (Å²) in [7, 11) is 1.57. The lowest BCUT2D eigenvalue weighted by molar-refractivity contribution is -0.128. The predicted octanol–water partition coefficient (Wildman–Crippen LogP) is 1.43. The Hall–Kier alpha value is -1.92. The SMILES string of the molecule is COCCN(CCO)C(=O)c1cccc(CNC(=O)C(C)(C)C)c1. The third-order valence-corrected chi connectivity index (χ3v) is 3.53. The monoisotopic (exact) mass is 336 g/mol. The molecule has 0 spiro atoms. The quantitative estimate of drug-likeness (QED) is 0.753. The number of aliphatic hydroxyl groups excluding tert-OH is 1. The number of aliphatic hydroxyl groups is 1. The van der Waals surface area contributed by atoms with E-state index in [1.807, 2.05) is 26.8 Å². The maximum Gasteiger partial charge on any atom is 0.254 e. The van der Waals surface area contributed by atoms with Crippen molar-refractivity contribution >= 4 is 11.8 Å². The number of hydrogen-bond donors (Lipinski definition) is 2. The van der Waals surface area contributed by atoms with Crippen LogP contribution >= 0.6 is 0 Å². The number of nitrogens with one attached hydrogen (secondary N) is 1. The average molecular weight is 336 g/mol. The molecule has 0 fully saturated rings. The fourth-order valence-corrected chi connectivity index (χ4v) is 2.08. The zero-order chi connectivity index (χ0) is 18.2. The molecule has 0 radical (unpaired) electrons. The number of rotatable bonds is 8. The van der Waals surface area contributed by atoms with Gasteiger partial charge in [-0.05, 0) is 17.7 Å². The number of ether oxygens (including phenoxy) is 1. The van der Waals surface area contributed by atoms with Gasteiger partial charge in [0, 0.05) is 37.7 Å². The molecule has 0 bridgehead atoms. The average Bonchev–Trinajstić information content (AvgIpc) is 2.55. The lowest BCUT2D eigenvalue weighted by Crippen LogP contribution is -2.36. The Kier molecular flexibility index (Phi) is 7.88. The van der Waals surface area contributed by atoms with Crippen molar-refractivity contribution in [2.75, 3.05) is 33.4 Å². The summed E-state index contributed by atoms with van der Waals surface area (Å²) >= 11 is 0. The van der Waals surface area contributed by atoms with Crippen molar-refractivity contribution in [3.63, 3.8) is 0 Å². The second kappa shape index (κ2) is 9.39. The lowest BCUT2D eigenvalue weighted by atomic mass is 9.95. The van der Waals surface area contributed by atoms with Gasteiger partial charge in [0.1, 0.15) is 0 Å². The van der Waals surface area contributed by atoms with Crippen molar-refractivity contribution in [2.24, 2.45) is 5.41 Å². The molecule has 1 rings (SSSR count). The molecular weight excluding hydrogens is 308 g/mol. The number of nitrogens with zero attached hydrogens (tertiary/aromatic N) is 1. The third kappa shape index (κ3) is 6.29. The Morgan fingerprint density at radius 3 is 2.54 bits per heavy atom. The normalized spacial score (nSPS) is 11.2. The van der Waals surface area contributed by atoms with Crippen LogP contribution in [0.25, 0.3) is 0 Å². The van der Waals surface area contributed by atoms with Crippen molar-refractivity contribution in [3.05, 3.63) is 35.4 Å². The molecule has 2 N–H and O–H groups in total. The molecule has 2 amide bonds. The van der Waals surface area contributed by atoms with Gasteiger partial charge in [-0.1, -0.05) is 32.9 Å². The molecule has 0 heterocycles. The van der Waals surface area contributed by atoms with Gasteiger partial charge in [-0.3, -0.25) is 9.59 Å². The minimum Gasteiger partial charge on any atom is -0.395 e. The van der Waals surface area contributed by atoms with Crippen molar-refractivity contribution in [1.29, 1.82) is 0 Å². The second-order valence-electron chi connectivity index (χ2n) is 6.64. The van der Waals surface area contributed by atoms with E-state index < -0.39 is 5.41 Å². The fraction of sp³-hybridized carbons (Fsp3) is 0.556. The first-order valence-corrected chi connectivity index (χ1v) is 8.06. The number of amides is 2. The summed E-state index contributed by atoms with van der Waals surface area (Å²) in [5, 5.41) is 12.0. The van der Waals surface area contributed by atoms with Crippen molar-refractivity contribution < 1.29 is 19.4 Å². The van der Waals surface area contributed by atoms with Crippen LogP contribution in [0.1, 0.15) is 36.7 Å². The smallest absolute Gasteiger partial charge is 0.254 e. The highest BCUT2D eigenvalue weighted by Crippen LogP contribution is 2.14. The molecule has 0 unspecified atom stereocenters. The minimum atomic E-state index is -0.453. The summed E-state index contributed by atoms with van der Waals surface area (Å²) in [6, 6.07) is 7.15. The molecule has 0 atom stereocenters. The Balaban J connectivity index is 2.78. The molecule has 1 aromatic carbocycles. The summed E-state index contributed by atoms with van der Waals surface area (Å²) in [5.41, 5.74) is 0.933. The number of methoxy groups -OCH3 is 1. The first-order valence-electron chi connectivity index (χ1n) is 8.06. The van der Waals surface area contributed by atoms with E-state index in [1.165, 1.54) is 0 Å². The molecule has 0 aliphatic heterocycles. The number of hydrogen-bond acceptors (Lipinski definition) is 4. The van der Waals surface area contributed by atoms with Gasteiger partial charge in [0.2, 0.25) is 5.91 Å². The van der Waals surface area contributed by atoms with Crippen molar-refractivity contribution in [3.8, 4) is 0 Å². The summed E-state index contributed by atoms with van der Waals surface area (Å²) in [6.07, 6.45) is 0. The summed E-state index contributed by atoms with van der Waals surface area (Å²) in [4.78, 5) is 26.1. The summed E-state index contributed by atoms with van der Waals surface area (Å²) in [5.74, 6) is -0.202.